The maximum atomic E-state index is 12.4. The largest absolute Gasteiger partial charge is 0.325 e. The highest BCUT2D eigenvalue weighted by Crippen LogP contribution is 2.17. The van der Waals surface area contributed by atoms with Crippen LogP contribution < -0.4 is 5.73 Å². The first-order valence-corrected chi connectivity index (χ1v) is 9.47. The van der Waals surface area contributed by atoms with Gasteiger partial charge in [-0.25, -0.2) is 16.8 Å². The van der Waals surface area contributed by atoms with Crippen LogP contribution in [0.2, 0.25) is 0 Å². The molecule has 0 aliphatic carbocycles. The Hall–Kier alpha value is -1.03. The first-order valence-electron chi connectivity index (χ1n) is 6.21. The second-order valence-corrected chi connectivity index (χ2v) is 8.84. The van der Waals surface area contributed by atoms with Crippen LogP contribution in [0.5, 0.6) is 0 Å². The van der Waals surface area contributed by atoms with E-state index in [1.807, 2.05) is 0 Å². The topological polar surface area (TPSA) is 110 Å². The van der Waals surface area contributed by atoms with Gasteiger partial charge in [0, 0.05) is 25.8 Å². The van der Waals surface area contributed by atoms with Crippen LogP contribution in [0.4, 0.5) is 0 Å². The summed E-state index contributed by atoms with van der Waals surface area (Å²) in [5.41, 5.74) is 6.01. The molecule has 1 saturated heterocycles. The van der Waals surface area contributed by atoms with Crippen LogP contribution in [0.15, 0.2) is 23.2 Å². The van der Waals surface area contributed by atoms with Crippen molar-refractivity contribution in [3.63, 3.8) is 0 Å². The minimum atomic E-state index is -3.69. The molecule has 1 aliphatic rings. The van der Waals surface area contributed by atoms with E-state index in [0.29, 0.717) is 12.1 Å². The van der Waals surface area contributed by atoms with E-state index in [1.165, 1.54) is 16.6 Å². The number of pyridine rings is 1. The molecular formula is C11H17N3O4S2. The summed E-state index contributed by atoms with van der Waals surface area (Å²) in [6, 6.07) is 3.01. The molecule has 0 atom stereocenters. The number of rotatable bonds is 3. The Kier molecular flexibility index (Phi) is 4.43. The van der Waals surface area contributed by atoms with Gasteiger partial charge in [0.2, 0.25) is 10.0 Å². The van der Waals surface area contributed by atoms with Crippen molar-refractivity contribution in [2.75, 3.05) is 24.6 Å². The Bertz CT molecular complexity index is 668. The van der Waals surface area contributed by atoms with Gasteiger partial charge in [-0.1, -0.05) is 0 Å². The Morgan fingerprint density at radius 2 is 2.00 bits per heavy atom. The predicted molar refractivity (Wildman–Crippen MR) is 74.2 cm³/mol. The molecule has 2 rings (SSSR count). The van der Waals surface area contributed by atoms with Crippen LogP contribution in [0, 0.1) is 0 Å². The highest BCUT2D eigenvalue weighted by Gasteiger charge is 2.29. The third-order valence-electron chi connectivity index (χ3n) is 3.16. The lowest BCUT2D eigenvalue weighted by Crippen LogP contribution is -2.33. The lowest BCUT2D eigenvalue weighted by molar-refractivity contribution is 0.434. The van der Waals surface area contributed by atoms with Gasteiger partial charge in [-0.3, -0.25) is 4.98 Å². The highest BCUT2D eigenvalue weighted by molar-refractivity contribution is 7.91. The minimum Gasteiger partial charge on any atom is -0.325 e. The molecule has 112 valence electrons. The molecule has 0 unspecified atom stereocenters. The minimum absolute atomic E-state index is 0.0106. The number of nitrogens with two attached hydrogens (primary N) is 1. The van der Waals surface area contributed by atoms with Crippen LogP contribution in [0.25, 0.3) is 0 Å². The maximum Gasteiger partial charge on any atom is 0.244 e. The van der Waals surface area contributed by atoms with E-state index in [0.717, 1.165) is 0 Å². The summed E-state index contributed by atoms with van der Waals surface area (Å²) in [6.45, 7) is 0.436. The molecule has 0 aromatic carbocycles. The number of hydrogen-bond acceptors (Lipinski definition) is 6. The number of sulfonamides is 1. The fourth-order valence-electron chi connectivity index (χ4n) is 1.99. The van der Waals surface area contributed by atoms with Crippen molar-refractivity contribution in [3.8, 4) is 0 Å². The molecule has 1 aromatic rings. The van der Waals surface area contributed by atoms with E-state index < -0.39 is 19.9 Å². The SMILES string of the molecule is NCc1ccc(S(=O)(=O)N2CCCS(=O)(=O)CC2)cn1. The monoisotopic (exact) mass is 319 g/mol. The van der Waals surface area contributed by atoms with Gasteiger partial charge in [0.15, 0.2) is 9.84 Å². The molecule has 0 bridgehead atoms. The van der Waals surface area contributed by atoms with Crippen molar-refractivity contribution >= 4 is 19.9 Å². The summed E-state index contributed by atoms with van der Waals surface area (Å²) in [7, 11) is -6.84. The smallest absolute Gasteiger partial charge is 0.244 e. The fraction of sp³-hybridized carbons (Fsp3) is 0.545. The van der Waals surface area contributed by atoms with Gasteiger partial charge in [-0.2, -0.15) is 4.31 Å². The molecule has 0 amide bonds. The van der Waals surface area contributed by atoms with E-state index in [2.05, 4.69) is 4.98 Å². The van der Waals surface area contributed by atoms with Gasteiger partial charge in [0.25, 0.3) is 0 Å². The van der Waals surface area contributed by atoms with Crippen LogP contribution >= 0.6 is 0 Å². The molecule has 7 nitrogen and oxygen atoms in total. The number of aromatic nitrogens is 1. The lowest BCUT2D eigenvalue weighted by atomic mass is 10.4. The molecule has 0 radical (unpaired) electrons. The van der Waals surface area contributed by atoms with Gasteiger partial charge < -0.3 is 5.73 Å². The summed E-state index contributed by atoms with van der Waals surface area (Å²) < 4.78 is 49.1. The molecule has 2 N–H and O–H groups in total. The first-order chi connectivity index (χ1) is 9.35. The summed E-state index contributed by atoms with van der Waals surface area (Å²) in [6.07, 6.45) is 1.58. The summed E-state index contributed by atoms with van der Waals surface area (Å²) in [5, 5.41) is 0. The van der Waals surface area contributed by atoms with Gasteiger partial charge in [0.1, 0.15) is 4.90 Å². The standard InChI is InChI=1S/C11H17N3O4S2/c12-8-10-2-3-11(9-13-10)20(17,18)14-4-1-6-19(15,16)7-5-14/h2-3,9H,1,4-8,12H2. The molecule has 0 spiro atoms. The van der Waals surface area contributed by atoms with Crippen molar-refractivity contribution in [1.29, 1.82) is 0 Å². The van der Waals surface area contributed by atoms with E-state index in [1.54, 1.807) is 6.07 Å². The van der Waals surface area contributed by atoms with Crippen LogP contribution in [0.3, 0.4) is 0 Å². The quantitative estimate of drug-likeness (QED) is 0.792. The molecule has 1 fully saturated rings. The maximum absolute atomic E-state index is 12.4. The Balaban J connectivity index is 2.25. The van der Waals surface area contributed by atoms with Gasteiger partial charge >= 0.3 is 0 Å². The number of nitrogens with zero attached hydrogens (tertiary/aromatic N) is 2. The summed E-state index contributed by atoms with van der Waals surface area (Å²) in [4.78, 5) is 4.03. The van der Waals surface area contributed by atoms with E-state index in [9.17, 15) is 16.8 Å². The molecule has 2 heterocycles. The second-order valence-electron chi connectivity index (χ2n) is 4.60. The van der Waals surface area contributed by atoms with Crippen molar-refractivity contribution in [2.24, 2.45) is 5.73 Å². The van der Waals surface area contributed by atoms with E-state index in [4.69, 9.17) is 5.73 Å². The predicted octanol–water partition coefficient (Wildman–Crippen LogP) is -0.650. The molecule has 0 saturated carbocycles. The first kappa shape index (κ1) is 15.4. The second kappa shape index (κ2) is 5.76. The molecular weight excluding hydrogens is 302 g/mol. The lowest BCUT2D eigenvalue weighted by Gasteiger charge is -2.19. The zero-order valence-electron chi connectivity index (χ0n) is 10.9. The zero-order chi connectivity index (χ0) is 14.8. The third-order valence-corrected chi connectivity index (χ3v) is 6.76. The Labute approximate surface area is 118 Å². The fourth-order valence-corrected chi connectivity index (χ4v) is 4.80. The average Bonchev–Trinajstić information content (AvgIpc) is 2.60. The van der Waals surface area contributed by atoms with Crippen molar-refractivity contribution in [2.45, 2.75) is 17.9 Å². The van der Waals surface area contributed by atoms with Crippen molar-refractivity contribution in [3.05, 3.63) is 24.0 Å². The van der Waals surface area contributed by atoms with Crippen molar-refractivity contribution < 1.29 is 16.8 Å². The van der Waals surface area contributed by atoms with Crippen molar-refractivity contribution in [1.82, 2.24) is 9.29 Å². The Morgan fingerprint density at radius 1 is 1.25 bits per heavy atom. The van der Waals surface area contributed by atoms with E-state index >= 15 is 0 Å². The number of sulfone groups is 1. The van der Waals surface area contributed by atoms with Crippen LogP contribution in [0.1, 0.15) is 12.1 Å². The van der Waals surface area contributed by atoms with Crippen LogP contribution in [-0.4, -0.2) is 50.7 Å². The third kappa shape index (κ3) is 3.35. The zero-order valence-corrected chi connectivity index (χ0v) is 12.5. The Morgan fingerprint density at radius 3 is 2.60 bits per heavy atom. The molecule has 1 aromatic heterocycles. The normalized spacial score (nSPS) is 20.4. The highest BCUT2D eigenvalue weighted by atomic mass is 32.2. The van der Waals surface area contributed by atoms with E-state index in [-0.39, 0.29) is 36.0 Å². The van der Waals surface area contributed by atoms with Gasteiger partial charge in [-0.15, -0.1) is 0 Å². The number of hydrogen-bond donors (Lipinski definition) is 1. The molecule has 20 heavy (non-hydrogen) atoms. The van der Waals surface area contributed by atoms with Gasteiger partial charge in [-0.05, 0) is 18.6 Å². The average molecular weight is 319 g/mol. The molecule has 9 heteroatoms. The van der Waals surface area contributed by atoms with Crippen LogP contribution in [-0.2, 0) is 26.4 Å². The molecule has 1 aliphatic heterocycles. The summed E-state index contributed by atoms with van der Waals surface area (Å²) in [5.74, 6) is -0.107. The van der Waals surface area contributed by atoms with Gasteiger partial charge in [0.05, 0.1) is 17.2 Å². The summed E-state index contributed by atoms with van der Waals surface area (Å²) >= 11 is 0.